The van der Waals surface area contributed by atoms with Crippen LogP contribution in [0.4, 0.5) is 0 Å². The highest BCUT2D eigenvalue weighted by Gasteiger charge is 2.44. The van der Waals surface area contributed by atoms with Gasteiger partial charge in [-0.3, -0.25) is 8.98 Å². The zero-order valence-corrected chi connectivity index (χ0v) is 16.7. The van der Waals surface area contributed by atoms with E-state index in [4.69, 9.17) is 13.7 Å². The first kappa shape index (κ1) is 20.9. The van der Waals surface area contributed by atoms with E-state index in [1.54, 1.807) is 24.3 Å². The monoisotopic (exact) mass is 384 g/mol. The van der Waals surface area contributed by atoms with Crippen LogP contribution in [0.5, 0.6) is 0 Å². The Morgan fingerprint density at radius 2 is 1.73 bits per heavy atom. The molecule has 0 unspecified atom stereocenters. The molecule has 146 valence electrons. The van der Waals surface area contributed by atoms with Crippen molar-refractivity contribution in [3.8, 4) is 0 Å². The number of carbonyl (C=O) groups is 1. The quantitative estimate of drug-likeness (QED) is 0.369. The molecule has 0 N–H and O–H groups in total. The van der Waals surface area contributed by atoms with Gasteiger partial charge in [0, 0.05) is 5.41 Å². The van der Waals surface area contributed by atoms with E-state index in [-0.39, 0.29) is 35.9 Å². The molecular formula is C19H28O6S. The summed E-state index contributed by atoms with van der Waals surface area (Å²) in [5.41, 5.74) is 0.208. The molecule has 1 fully saturated rings. The first-order valence-corrected chi connectivity index (χ1v) is 10.2. The van der Waals surface area contributed by atoms with E-state index in [1.165, 1.54) is 0 Å². The number of benzene rings is 1. The standard InChI is InChI=1S/C19H28O6S/c1-15-5-7-16(8-6-15)26(21,22)24-14-19(10-11-19)13-23-12-9-17(20)25-18(2,3)4/h5-8H,9-14H2,1-4H3. The van der Waals surface area contributed by atoms with Gasteiger partial charge >= 0.3 is 5.97 Å². The van der Waals surface area contributed by atoms with Gasteiger partial charge in [0.05, 0.1) is 31.1 Å². The average Bonchev–Trinajstić information content (AvgIpc) is 3.29. The van der Waals surface area contributed by atoms with Crippen molar-refractivity contribution in [1.82, 2.24) is 0 Å². The maximum absolute atomic E-state index is 12.2. The summed E-state index contributed by atoms with van der Waals surface area (Å²) in [4.78, 5) is 11.8. The highest BCUT2D eigenvalue weighted by Crippen LogP contribution is 2.46. The number of aryl methyl sites for hydroxylation is 1. The Labute approximate surface area is 156 Å². The van der Waals surface area contributed by atoms with Gasteiger partial charge < -0.3 is 9.47 Å². The number of hydrogen-bond donors (Lipinski definition) is 0. The second-order valence-electron chi connectivity index (χ2n) is 7.92. The summed E-state index contributed by atoms with van der Waals surface area (Å²) in [6, 6.07) is 6.56. The fourth-order valence-electron chi connectivity index (χ4n) is 2.32. The van der Waals surface area contributed by atoms with Gasteiger partial charge in [-0.05, 0) is 52.7 Å². The lowest BCUT2D eigenvalue weighted by Crippen LogP contribution is -2.25. The molecule has 2 rings (SSSR count). The van der Waals surface area contributed by atoms with Crippen molar-refractivity contribution in [3.63, 3.8) is 0 Å². The minimum atomic E-state index is -3.76. The van der Waals surface area contributed by atoms with Crippen LogP contribution in [0.3, 0.4) is 0 Å². The van der Waals surface area contributed by atoms with Crippen molar-refractivity contribution in [3.05, 3.63) is 29.8 Å². The zero-order valence-electron chi connectivity index (χ0n) is 15.9. The van der Waals surface area contributed by atoms with Crippen LogP contribution in [0, 0.1) is 12.3 Å². The van der Waals surface area contributed by atoms with E-state index >= 15 is 0 Å². The molecule has 0 bridgehead atoms. The Hall–Kier alpha value is -1.44. The molecule has 6 nitrogen and oxygen atoms in total. The van der Waals surface area contributed by atoms with E-state index in [0.29, 0.717) is 6.61 Å². The lowest BCUT2D eigenvalue weighted by atomic mass is 10.1. The molecule has 0 atom stereocenters. The maximum Gasteiger partial charge on any atom is 0.308 e. The van der Waals surface area contributed by atoms with E-state index in [0.717, 1.165) is 18.4 Å². The molecule has 1 aliphatic carbocycles. The molecule has 1 aliphatic rings. The zero-order chi connectivity index (χ0) is 19.4. The summed E-state index contributed by atoms with van der Waals surface area (Å²) in [5.74, 6) is -0.305. The highest BCUT2D eigenvalue weighted by atomic mass is 32.2. The highest BCUT2D eigenvalue weighted by molar-refractivity contribution is 7.86. The number of rotatable bonds is 9. The Morgan fingerprint density at radius 1 is 1.12 bits per heavy atom. The second kappa shape index (κ2) is 8.06. The normalized spacial score (nSPS) is 16.3. The van der Waals surface area contributed by atoms with Gasteiger partial charge in [-0.1, -0.05) is 17.7 Å². The first-order chi connectivity index (χ1) is 12.0. The summed E-state index contributed by atoms with van der Waals surface area (Å²) in [6.07, 6.45) is 1.88. The summed E-state index contributed by atoms with van der Waals surface area (Å²) in [5, 5.41) is 0. The predicted octanol–water partition coefficient (Wildman–Crippen LogP) is 3.23. The number of esters is 1. The smallest absolute Gasteiger partial charge is 0.308 e. The molecule has 0 heterocycles. The fourth-order valence-corrected chi connectivity index (χ4v) is 3.33. The Balaban J connectivity index is 1.74. The molecular weight excluding hydrogens is 356 g/mol. The SMILES string of the molecule is Cc1ccc(S(=O)(=O)OCC2(COCCC(=O)OC(C)(C)C)CC2)cc1. The van der Waals surface area contributed by atoms with Crippen LogP contribution in [0.1, 0.15) is 45.6 Å². The molecule has 0 radical (unpaired) electrons. The second-order valence-corrected chi connectivity index (χ2v) is 9.53. The van der Waals surface area contributed by atoms with Crippen LogP contribution in [0.2, 0.25) is 0 Å². The first-order valence-electron chi connectivity index (χ1n) is 8.77. The van der Waals surface area contributed by atoms with Crippen LogP contribution in [0.15, 0.2) is 29.2 Å². The largest absolute Gasteiger partial charge is 0.460 e. The van der Waals surface area contributed by atoms with Crippen molar-refractivity contribution in [2.24, 2.45) is 5.41 Å². The lowest BCUT2D eigenvalue weighted by molar-refractivity contribution is -0.156. The number of hydrogen-bond acceptors (Lipinski definition) is 6. The molecule has 1 aromatic carbocycles. The average molecular weight is 384 g/mol. The molecule has 7 heteroatoms. The van der Waals surface area contributed by atoms with Crippen LogP contribution in [0.25, 0.3) is 0 Å². The van der Waals surface area contributed by atoms with Gasteiger partial charge in [0.1, 0.15) is 5.60 Å². The maximum atomic E-state index is 12.2. The van der Waals surface area contributed by atoms with Gasteiger partial charge in [0.15, 0.2) is 0 Å². The summed E-state index contributed by atoms with van der Waals surface area (Å²) in [6.45, 7) is 8.06. The molecule has 0 amide bonds. The minimum Gasteiger partial charge on any atom is -0.460 e. The summed E-state index contributed by atoms with van der Waals surface area (Å²) in [7, 11) is -3.76. The fraction of sp³-hybridized carbons (Fsp3) is 0.632. The molecule has 1 saturated carbocycles. The molecule has 26 heavy (non-hydrogen) atoms. The molecule has 0 saturated heterocycles. The Kier molecular flexibility index (Phi) is 6.47. The summed E-state index contributed by atoms with van der Waals surface area (Å²) >= 11 is 0. The molecule has 0 aromatic heterocycles. The van der Waals surface area contributed by atoms with Crippen LogP contribution in [-0.4, -0.2) is 39.8 Å². The molecule has 0 aliphatic heterocycles. The van der Waals surface area contributed by atoms with E-state index in [2.05, 4.69) is 0 Å². The Morgan fingerprint density at radius 3 is 2.27 bits per heavy atom. The van der Waals surface area contributed by atoms with Crippen LogP contribution < -0.4 is 0 Å². The van der Waals surface area contributed by atoms with Crippen molar-refractivity contribution in [2.45, 2.75) is 57.5 Å². The third kappa shape index (κ3) is 6.70. The third-order valence-corrected chi connectivity index (χ3v) is 5.34. The van der Waals surface area contributed by atoms with Gasteiger partial charge in [-0.2, -0.15) is 8.42 Å². The molecule has 0 spiro atoms. The topological polar surface area (TPSA) is 78.9 Å². The summed E-state index contributed by atoms with van der Waals surface area (Å²) < 4.78 is 40.5. The number of ether oxygens (including phenoxy) is 2. The van der Waals surface area contributed by atoms with Gasteiger partial charge in [-0.15, -0.1) is 0 Å². The minimum absolute atomic E-state index is 0.0929. The van der Waals surface area contributed by atoms with Gasteiger partial charge in [0.25, 0.3) is 10.1 Å². The van der Waals surface area contributed by atoms with Crippen molar-refractivity contribution < 1.29 is 26.9 Å². The van der Waals surface area contributed by atoms with Crippen molar-refractivity contribution >= 4 is 16.1 Å². The van der Waals surface area contributed by atoms with E-state index in [9.17, 15) is 13.2 Å². The van der Waals surface area contributed by atoms with Crippen molar-refractivity contribution in [2.75, 3.05) is 19.8 Å². The van der Waals surface area contributed by atoms with Crippen LogP contribution >= 0.6 is 0 Å². The van der Waals surface area contributed by atoms with E-state index in [1.807, 2.05) is 27.7 Å². The Bertz CT molecular complexity index is 711. The molecule has 1 aromatic rings. The third-order valence-electron chi connectivity index (χ3n) is 4.07. The van der Waals surface area contributed by atoms with E-state index < -0.39 is 15.7 Å². The van der Waals surface area contributed by atoms with Crippen molar-refractivity contribution in [1.29, 1.82) is 0 Å². The number of carbonyl (C=O) groups excluding carboxylic acids is 1. The van der Waals surface area contributed by atoms with Crippen LogP contribution in [-0.2, 0) is 28.6 Å². The predicted molar refractivity (Wildman–Crippen MR) is 97.3 cm³/mol. The van der Waals surface area contributed by atoms with Gasteiger partial charge in [-0.25, -0.2) is 0 Å². The lowest BCUT2D eigenvalue weighted by Gasteiger charge is -2.20. The van der Waals surface area contributed by atoms with Gasteiger partial charge in [0.2, 0.25) is 0 Å².